The third kappa shape index (κ3) is 2.63. The van der Waals surface area contributed by atoms with Crippen LogP contribution in [0.1, 0.15) is 42.7 Å². The maximum atomic E-state index is 6.28. The number of nitrogens with zero attached hydrogens (tertiary/aromatic N) is 1. The van der Waals surface area contributed by atoms with Crippen LogP contribution in [0.15, 0.2) is 12.1 Å². The molecule has 0 unspecified atom stereocenters. The van der Waals surface area contributed by atoms with Crippen LogP contribution >= 0.6 is 0 Å². The van der Waals surface area contributed by atoms with Gasteiger partial charge in [-0.2, -0.15) is 0 Å². The summed E-state index contributed by atoms with van der Waals surface area (Å²) >= 11 is 0. The quantitative estimate of drug-likeness (QED) is 0.735. The lowest BCUT2D eigenvalue weighted by atomic mass is 9.86. The van der Waals surface area contributed by atoms with E-state index in [1.165, 1.54) is 42.5 Å². The Balaban J connectivity index is 1.95. The fourth-order valence-corrected chi connectivity index (χ4v) is 3.59. The van der Waals surface area contributed by atoms with Gasteiger partial charge in [0.15, 0.2) is 0 Å². The second-order valence-corrected chi connectivity index (χ2v) is 6.03. The second-order valence-electron chi connectivity index (χ2n) is 6.03. The van der Waals surface area contributed by atoms with Crippen LogP contribution in [-0.4, -0.2) is 26.2 Å². The van der Waals surface area contributed by atoms with Gasteiger partial charge in [0.25, 0.3) is 0 Å². The third-order valence-corrected chi connectivity index (χ3v) is 4.76. The van der Waals surface area contributed by atoms with Crippen molar-refractivity contribution in [3.8, 4) is 0 Å². The maximum absolute atomic E-state index is 6.28. The molecule has 4 nitrogen and oxygen atoms in total. The zero-order valence-electron chi connectivity index (χ0n) is 12.2. The molecule has 1 aromatic rings. The van der Waals surface area contributed by atoms with Gasteiger partial charge in [0.1, 0.15) is 0 Å². The Labute approximate surface area is 121 Å². The lowest BCUT2D eigenvalue weighted by molar-refractivity contribution is 0.458. The zero-order chi connectivity index (χ0) is 13.9. The van der Waals surface area contributed by atoms with Gasteiger partial charge >= 0.3 is 0 Å². The summed E-state index contributed by atoms with van der Waals surface area (Å²) in [4.78, 5) is 2.46. The van der Waals surface area contributed by atoms with Crippen molar-refractivity contribution < 1.29 is 0 Å². The van der Waals surface area contributed by atoms with E-state index in [1.54, 1.807) is 0 Å². The van der Waals surface area contributed by atoms with Crippen molar-refractivity contribution >= 4 is 11.4 Å². The highest BCUT2D eigenvalue weighted by molar-refractivity contribution is 5.64. The first kappa shape index (κ1) is 13.7. The van der Waals surface area contributed by atoms with Gasteiger partial charge in [-0.3, -0.25) is 0 Å². The number of nitrogen functional groups attached to an aromatic ring is 1. The molecule has 2 fully saturated rings. The van der Waals surface area contributed by atoms with E-state index in [0.29, 0.717) is 12.5 Å². The molecule has 3 rings (SSSR count). The molecular formula is C16H26N4. The van der Waals surface area contributed by atoms with E-state index in [0.717, 1.165) is 31.9 Å². The first-order valence-corrected chi connectivity index (χ1v) is 7.87. The highest BCUT2D eigenvalue weighted by Crippen LogP contribution is 2.35. The van der Waals surface area contributed by atoms with Gasteiger partial charge in [-0.1, -0.05) is 0 Å². The minimum absolute atomic E-state index is 0.547. The number of rotatable bonds is 3. The average Bonchev–Trinajstić information content (AvgIpc) is 3.01. The monoisotopic (exact) mass is 274 g/mol. The van der Waals surface area contributed by atoms with Crippen molar-refractivity contribution in [2.45, 2.75) is 38.1 Å². The first-order chi connectivity index (χ1) is 9.79. The van der Waals surface area contributed by atoms with E-state index in [-0.39, 0.29) is 0 Å². The molecule has 20 heavy (non-hydrogen) atoms. The number of anilines is 2. The van der Waals surface area contributed by atoms with Crippen LogP contribution in [0, 0.1) is 0 Å². The minimum atomic E-state index is 0.547. The molecule has 5 N–H and O–H groups in total. The van der Waals surface area contributed by atoms with Crippen molar-refractivity contribution in [2.24, 2.45) is 5.73 Å². The molecule has 2 aliphatic heterocycles. The Bertz CT molecular complexity index is 460. The summed E-state index contributed by atoms with van der Waals surface area (Å²) in [5, 5.41) is 3.43. The minimum Gasteiger partial charge on any atom is -0.398 e. The van der Waals surface area contributed by atoms with E-state index in [2.05, 4.69) is 22.3 Å². The molecule has 0 aliphatic carbocycles. The number of nitrogens with one attached hydrogen (secondary N) is 1. The van der Waals surface area contributed by atoms with Gasteiger partial charge < -0.3 is 21.7 Å². The predicted molar refractivity (Wildman–Crippen MR) is 85.0 cm³/mol. The van der Waals surface area contributed by atoms with Crippen molar-refractivity contribution in [3.63, 3.8) is 0 Å². The predicted octanol–water partition coefficient (Wildman–Crippen LogP) is 1.79. The van der Waals surface area contributed by atoms with E-state index >= 15 is 0 Å². The van der Waals surface area contributed by atoms with Crippen LogP contribution in [0.4, 0.5) is 11.4 Å². The first-order valence-electron chi connectivity index (χ1n) is 7.87. The fourth-order valence-electron chi connectivity index (χ4n) is 3.59. The number of nitrogens with two attached hydrogens (primary N) is 2. The Kier molecular flexibility index (Phi) is 4.13. The largest absolute Gasteiger partial charge is 0.398 e. The zero-order valence-corrected chi connectivity index (χ0v) is 12.2. The summed E-state index contributed by atoms with van der Waals surface area (Å²) in [7, 11) is 0. The topological polar surface area (TPSA) is 67.3 Å². The normalized spacial score (nSPS) is 20.6. The van der Waals surface area contributed by atoms with Crippen molar-refractivity contribution in [2.75, 3.05) is 36.8 Å². The van der Waals surface area contributed by atoms with Crippen molar-refractivity contribution in [1.29, 1.82) is 0 Å². The highest BCUT2D eigenvalue weighted by Gasteiger charge is 2.22. The lowest BCUT2D eigenvalue weighted by Gasteiger charge is -2.28. The number of benzene rings is 1. The summed E-state index contributed by atoms with van der Waals surface area (Å²) in [6.07, 6.45) is 4.97. The number of hydrogen-bond acceptors (Lipinski definition) is 4. The SMILES string of the molecule is NCc1c(N)cc(N2CCCC2)cc1C1CCNCC1. The molecule has 0 radical (unpaired) electrons. The molecule has 4 heteroatoms. The van der Waals surface area contributed by atoms with Gasteiger partial charge in [0, 0.05) is 31.0 Å². The highest BCUT2D eigenvalue weighted by atomic mass is 15.1. The number of hydrogen-bond donors (Lipinski definition) is 3. The fraction of sp³-hybridized carbons (Fsp3) is 0.625. The average molecular weight is 274 g/mol. The Hall–Kier alpha value is -1.26. The Morgan fingerprint density at radius 2 is 1.85 bits per heavy atom. The smallest absolute Gasteiger partial charge is 0.0389 e. The Morgan fingerprint density at radius 1 is 1.15 bits per heavy atom. The van der Waals surface area contributed by atoms with Crippen LogP contribution < -0.4 is 21.7 Å². The van der Waals surface area contributed by atoms with Crippen LogP contribution in [0.25, 0.3) is 0 Å². The third-order valence-electron chi connectivity index (χ3n) is 4.76. The van der Waals surface area contributed by atoms with Crippen LogP contribution in [0.3, 0.4) is 0 Å². The molecule has 1 aromatic carbocycles. The molecular weight excluding hydrogens is 248 g/mol. The molecule has 0 amide bonds. The molecule has 0 spiro atoms. The molecule has 2 saturated heterocycles. The molecule has 2 heterocycles. The van der Waals surface area contributed by atoms with E-state index in [1.807, 2.05) is 0 Å². The van der Waals surface area contributed by atoms with Gasteiger partial charge in [-0.25, -0.2) is 0 Å². The second kappa shape index (κ2) is 6.02. The van der Waals surface area contributed by atoms with E-state index in [9.17, 15) is 0 Å². The van der Waals surface area contributed by atoms with Gasteiger partial charge in [0.2, 0.25) is 0 Å². The maximum Gasteiger partial charge on any atom is 0.0389 e. The molecule has 0 saturated carbocycles. The summed E-state index contributed by atoms with van der Waals surface area (Å²) in [6.45, 7) is 5.07. The Morgan fingerprint density at radius 3 is 2.50 bits per heavy atom. The van der Waals surface area contributed by atoms with Crippen LogP contribution in [0.5, 0.6) is 0 Å². The lowest BCUT2D eigenvalue weighted by Crippen LogP contribution is -2.28. The molecule has 2 aliphatic rings. The molecule has 0 bridgehead atoms. The van der Waals surface area contributed by atoms with Crippen molar-refractivity contribution in [3.05, 3.63) is 23.3 Å². The summed E-state index contributed by atoms with van der Waals surface area (Å²) in [5.74, 6) is 0.611. The van der Waals surface area contributed by atoms with Gasteiger partial charge in [0.05, 0.1) is 0 Å². The summed E-state index contributed by atoms with van der Waals surface area (Å²) < 4.78 is 0. The number of piperidine rings is 1. The van der Waals surface area contributed by atoms with Gasteiger partial charge in [-0.15, -0.1) is 0 Å². The van der Waals surface area contributed by atoms with E-state index in [4.69, 9.17) is 11.5 Å². The standard InChI is InChI=1S/C16H26N4/c17-11-15-14(12-3-5-19-6-4-12)9-13(10-16(15)18)20-7-1-2-8-20/h9-10,12,19H,1-8,11,17-18H2. The summed E-state index contributed by atoms with van der Waals surface area (Å²) in [6, 6.07) is 4.48. The van der Waals surface area contributed by atoms with Crippen molar-refractivity contribution in [1.82, 2.24) is 5.32 Å². The summed E-state index contributed by atoms with van der Waals surface area (Å²) in [5.41, 5.74) is 17.0. The molecule has 110 valence electrons. The molecule has 0 aromatic heterocycles. The molecule has 0 atom stereocenters. The van der Waals surface area contributed by atoms with Crippen LogP contribution in [0.2, 0.25) is 0 Å². The van der Waals surface area contributed by atoms with E-state index < -0.39 is 0 Å². The van der Waals surface area contributed by atoms with Gasteiger partial charge in [-0.05, 0) is 68.0 Å². The van der Waals surface area contributed by atoms with Crippen LogP contribution in [-0.2, 0) is 6.54 Å².